The van der Waals surface area contributed by atoms with Crippen molar-refractivity contribution >= 4 is 23.6 Å². The van der Waals surface area contributed by atoms with Gasteiger partial charge in [-0.1, -0.05) is 19.3 Å². The second kappa shape index (κ2) is 5.82. The first-order valence-electron chi connectivity index (χ1n) is 8.33. The van der Waals surface area contributed by atoms with Gasteiger partial charge >= 0.3 is 0 Å². The van der Waals surface area contributed by atoms with Gasteiger partial charge in [0.25, 0.3) is 0 Å². The number of carbonyl (C=O) groups excluding carboxylic acids is 2. The number of likely N-dealkylation sites (N-methyl/N-ethyl adjacent to an activating group) is 1. The number of fused-ring (bicyclic) bond motifs is 1. The van der Waals surface area contributed by atoms with Crippen LogP contribution in [0.1, 0.15) is 58.8 Å². The van der Waals surface area contributed by atoms with Crippen molar-refractivity contribution in [1.29, 1.82) is 0 Å². The van der Waals surface area contributed by atoms with Gasteiger partial charge < -0.3 is 9.80 Å². The van der Waals surface area contributed by atoms with Gasteiger partial charge in [-0.05, 0) is 33.1 Å². The zero-order chi connectivity index (χ0) is 15.0. The summed E-state index contributed by atoms with van der Waals surface area (Å²) in [6.07, 6.45) is 7.50. The normalized spacial score (nSPS) is 33.3. The molecule has 21 heavy (non-hydrogen) atoms. The summed E-state index contributed by atoms with van der Waals surface area (Å²) in [5, 5.41) is 0. The number of hydrogen-bond acceptors (Lipinski definition) is 3. The highest BCUT2D eigenvalue weighted by Gasteiger charge is 2.53. The van der Waals surface area contributed by atoms with Crippen molar-refractivity contribution < 1.29 is 9.59 Å². The Morgan fingerprint density at radius 1 is 1.38 bits per heavy atom. The standard InChI is InChI=1S/C16H26N2O2S/c1-3-17(12-7-5-4-6-8-12)15(20)13-11-21-16(2)10-9-14(19)18(13)16/h12-13H,3-11H2,1-2H3. The molecule has 3 rings (SSSR count). The SMILES string of the molecule is CCN(C(=O)C1CSC2(C)CCC(=O)N12)C1CCCCC1. The van der Waals surface area contributed by atoms with Gasteiger partial charge in [0.1, 0.15) is 6.04 Å². The summed E-state index contributed by atoms with van der Waals surface area (Å²) in [5.41, 5.74) is 0. The largest absolute Gasteiger partial charge is 0.338 e. The molecule has 2 heterocycles. The molecular weight excluding hydrogens is 284 g/mol. The van der Waals surface area contributed by atoms with Crippen molar-refractivity contribution in [2.75, 3.05) is 12.3 Å². The molecule has 5 heteroatoms. The first kappa shape index (κ1) is 15.2. The molecule has 2 aliphatic heterocycles. The molecule has 118 valence electrons. The Labute approximate surface area is 131 Å². The van der Waals surface area contributed by atoms with Crippen LogP contribution in [-0.4, -0.2) is 50.9 Å². The van der Waals surface area contributed by atoms with Gasteiger partial charge in [0.05, 0.1) is 4.87 Å². The minimum atomic E-state index is -0.225. The number of hydrogen-bond donors (Lipinski definition) is 0. The van der Waals surface area contributed by atoms with E-state index in [1.807, 2.05) is 4.90 Å². The van der Waals surface area contributed by atoms with Crippen LogP contribution in [0.3, 0.4) is 0 Å². The van der Waals surface area contributed by atoms with E-state index >= 15 is 0 Å². The first-order valence-corrected chi connectivity index (χ1v) is 9.32. The Kier molecular flexibility index (Phi) is 4.21. The lowest BCUT2D eigenvalue weighted by Crippen LogP contribution is -2.54. The molecule has 2 saturated heterocycles. The summed E-state index contributed by atoms with van der Waals surface area (Å²) in [4.78, 5) is 29.0. The predicted molar refractivity (Wildman–Crippen MR) is 85.0 cm³/mol. The summed E-state index contributed by atoms with van der Waals surface area (Å²) >= 11 is 1.79. The molecule has 3 fully saturated rings. The molecule has 0 aromatic heterocycles. The van der Waals surface area contributed by atoms with Crippen LogP contribution in [0.25, 0.3) is 0 Å². The average Bonchev–Trinajstić information content (AvgIpc) is 2.98. The van der Waals surface area contributed by atoms with E-state index in [0.717, 1.165) is 31.6 Å². The molecule has 3 aliphatic rings. The van der Waals surface area contributed by atoms with E-state index in [0.29, 0.717) is 12.5 Å². The quantitative estimate of drug-likeness (QED) is 0.804. The number of amides is 2. The van der Waals surface area contributed by atoms with Crippen molar-refractivity contribution in [3.63, 3.8) is 0 Å². The highest BCUT2D eigenvalue weighted by molar-refractivity contribution is 8.01. The molecule has 0 spiro atoms. The van der Waals surface area contributed by atoms with E-state index < -0.39 is 0 Å². The van der Waals surface area contributed by atoms with E-state index in [4.69, 9.17) is 0 Å². The van der Waals surface area contributed by atoms with Crippen molar-refractivity contribution in [3.05, 3.63) is 0 Å². The summed E-state index contributed by atoms with van der Waals surface area (Å²) in [5.74, 6) is 1.13. The molecule has 1 aliphatic carbocycles. The minimum absolute atomic E-state index is 0.136. The van der Waals surface area contributed by atoms with Gasteiger partial charge in [0.2, 0.25) is 11.8 Å². The molecule has 0 bridgehead atoms. The van der Waals surface area contributed by atoms with Crippen LogP contribution in [0.5, 0.6) is 0 Å². The molecule has 1 saturated carbocycles. The Balaban J connectivity index is 1.75. The second-order valence-electron chi connectivity index (χ2n) is 6.68. The monoisotopic (exact) mass is 310 g/mol. The van der Waals surface area contributed by atoms with Crippen LogP contribution in [-0.2, 0) is 9.59 Å². The van der Waals surface area contributed by atoms with Gasteiger partial charge in [-0.15, -0.1) is 11.8 Å². The first-order chi connectivity index (χ1) is 10.1. The van der Waals surface area contributed by atoms with Crippen LogP contribution >= 0.6 is 11.8 Å². The second-order valence-corrected chi connectivity index (χ2v) is 8.18. The summed E-state index contributed by atoms with van der Waals surface area (Å²) in [7, 11) is 0. The maximum absolute atomic E-state index is 13.0. The molecule has 0 radical (unpaired) electrons. The van der Waals surface area contributed by atoms with Crippen LogP contribution in [0.2, 0.25) is 0 Å². The van der Waals surface area contributed by atoms with Crippen molar-refractivity contribution in [3.8, 4) is 0 Å². The zero-order valence-corrected chi connectivity index (χ0v) is 14.0. The van der Waals surface area contributed by atoms with E-state index in [9.17, 15) is 9.59 Å². The van der Waals surface area contributed by atoms with Gasteiger partial charge in [-0.2, -0.15) is 0 Å². The fourth-order valence-corrected chi connectivity index (χ4v) is 5.60. The van der Waals surface area contributed by atoms with Crippen LogP contribution < -0.4 is 0 Å². The number of nitrogens with zero attached hydrogens (tertiary/aromatic N) is 2. The number of rotatable bonds is 3. The fourth-order valence-electron chi connectivity index (χ4n) is 4.18. The Bertz CT molecular complexity index is 436. The average molecular weight is 310 g/mol. The van der Waals surface area contributed by atoms with Crippen LogP contribution in [0, 0.1) is 0 Å². The van der Waals surface area contributed by atoms with E-state index in [-0.39, 0.29) is 22.7 Å². The van der Waals surface area contributed by atoms with Crippen molar-refractivity contribution in [2.45, 2.75) is 75.7 Å². The molecular formula is C16H26N2O2S. The highest BCUT2D eigenvalue weighted by atomic mass is 32.2. The van der Waals surface area contributed by atoms with Gasteiger partial charge in [-0.25, -0.2) is 0 Å². The molecule has 0 aromatic rings. The number of thioether (sulfide) groups is 1. The van der Waals surface area contributed by atoms with E-state index in [1.54, 1.807) is 11.8 Å². The topological polar surface area (TPSA) is 40.6 Å². The lowest BCUT2D eigenvalue weighted by molar-refractivity contribution is -0.145. The minimum Gasteiger partial charge on any atom is -0.338 e. The third kappa shape index (κ3) is 2.58. The maximum Gasteiger partial charge on any atom is 0.246 e. The Morgan fingerprint density at radius 3 is 2.76 bits per heavy atom. The predicted octanol–water partition coefficient (Wildman–Crippen LogP) is 2.62. The van der Waals surface area contributed by atoms with E-state index in [1.165, 1.54) is 19.3 Å². The lowest BCUT2D eigenvalue weighted by Gasteiger charge is -2.38. The zero-order valence-electron chi connectivity index (χ0n) is 13.1. The summed E-state index contributed by atoms with van der Waals surface area (Å²) in [6.45, 7) is 4.95. The van der Waals surface area contributed by atoms with Gasteiger partial charge in [0, 0.05) is 24.8 Å². The third-order valence-electron chi connectivity index (χ3n) is 5.37. The summed E-state index contributed by atoms with van der Waals surface area (Å²) < 4.78 is 0. The molecule has 4 nitrogen and oxygen atoms in total. The van der Waals surface area contributed by atoms with Crippen molar-refractivity contribution in [2.24, 2.45) is 0 Å². The maximum atomic E-state index is 13.0. The summed E-state index contributed by atoms with van der Waals surface area (Å²) in [6, 6.07) is 0.169. The van der Waals surface area contributed by atoms with Gasteiger partial charge in [0.15, 0.2) is 0 Å². The Hall–Kier alpha value is -0.710. The smallest absolute Gasteiger partial charge is 0.246 e. The molecule has 2 amide bonds. The van der Waals surface area contributed by atoms with Crippen LogP contribution in [0.15, 0.2) is 0 Å². The molecule has 0 aromatic carbocycles. The van der Waals surface area contributed by atoms with Crippen molar-refractivity contribution in [1.82, 2.24) is 9.80 Å². The Morgan fingerprint density at radius 2 is 2.10 bits per heavy atom. The fraction of sp³-hybridized carbons (Fsp3) is 0.875. The van der Waals surface area contributed by atoms with E-state index in [2.05, 4.69) is 18.7 Å². The molecule has 2 atom stereocenters. The lowest BCUT2D eigenvalue weighted by atomic mass is 9.93. The number of carbonyl (C=O) groups is 2. The molecule has 0 N–H and O–H groups in total. The highest BCUT2D eigenvalue weighted by Crippen LogP contribution is 2.47. The van der Waals surface area contributed by atoms with Gasteiger partial charge in [-0.3, -0.25) is 9.59 Å². The van der Waals surface area contributed by atoms with Crippen LogP contribution in [0.4, 0.5) is 0 Å². The third-order valence-corrected chi connectivity index (χ3v) is 6.87. The molecule has 2 unspecified atom stereocenters.